The number of hydrogen-bond acceptors (Lipinski definition) is 5. The molecule has 1 saturated heterocycles. The zero-order valence-corrected chi connectivity index (χ0v) is 16.7. The number of esters is 1. The molecule has 1 aliphatic heterocycles. The predicted octanol–water partition coefficient (Wildman–Crippen LogP) is 2.81. The molecule has 2 N–H and O–H groups in total. The van der Waals surface area contributed by atoms with Crippen molar-refractivity contribution in [3.63, 3.8) is 0 Å². The summed E-state index contributed by atoms with van der Waals surface area (Å²) in [5, 5.41) is 4.37. The maximum Gasteiger partial charge on any atom is 0.338 e. The third kappa shape index (κ3) is 3.84. The number of rotatable bonds is 7. The van der Waals surface area contributed by atoms with Crippen molar-refractivity contribution in [2.45, 2.75) is 25.8 Å². The molecule has 30 heavy (non-hydrogen) atoms. The molecule has 2 heterocycles. The Hall–Kier alpha value is -3.45. The average Bonchev–Trinajstić information content (AvgIpc) is 3.29. The van der Waals surface area contributed by atoms with E-state index in [0.717, 1.165) is 17.3 Å². The van der Waals surface area contributed by atoms with Crippen LogP contribution in [0.25, 0.3) is 10.9 Å². The van der Waals surface area contributed by atoms with Crippen molar-refractivity contribution in [1.82, 2.24) is 10.3 Å². The van der Waals surface area contributed by atoms with E-state index >= 15 is 0 Å². The van der Waals surface area contributed by atoms with Crippen molar-refractivity contribution in [3.8, 4) is 0 Å². The topological polar surface area (TPSA) is 91.5 Å². The quantitative estimate of drug-likeness (QED) is 0.466. The van der Waals surface area contributed by atoms with Crippen LogP contribution in [-0.4, -0.2) is 42.0 Å². The first kappa shape index (κ1) is 19.8. The highest BCUT2D eigenvalue weighted by Crippen LogP contribution is 2.24. The number of fused-ring (bicyclic) bond motifs is 1. The van der Waals surface area contributed by atoms with Gasteiger partial charge in [0.15, 0.2) is 0 Å². The Balaban J connectivity index is 1.38. The maximum atomic E-state index is 12.8. The highest BCUT2D eigenvalue weighted by atomic mass is 16.5. The molecule has 4 rings (SSSR count). The summed E-state index contributed by atoms with van der Waals surface area (Å²) in [6.07, 6.45) is 2.84. The summed E-state index contributed by atoms with van der Waals surface area (Å²) in [7, 11) is 0. The summed E-state index contributed by atoms with van der Waals surface area (Å²) >= 11 is 0. The fraction of sp³-hybridized carbons (Fsp3) is 0.261. The molecule has 0 bridgehead atoms. The first-order valence-electron chi connectivity index (χ1n) is 10.0. The standard InChI is InChI=1S/C23H23N3O4/c1-2-30-23(29)15-7-9-17(10-8-15)26-21(27)13-20(22(26)28)24-12-11-16-14-25-19-6-4-3-5-18(16)19/h3-10,14,20,24-25H,2,11-13H2,1H3/t20-/m0/s1. The van der Waals surface area contributed by atoms with Crippen LogP contribution in [-0.2, 0) is 20.7 Å². The van der Waals surface area contributed by atoms with E-state index in [1.807, 2.05) is 24.4 Å². The molecule has 1 atom stereocenters. The van der Waals surface area contributed by atoms with Gasteiger partial charge in [-0.15, -0.1) is 0 Å². The van der Waals surface area contributed by atoms with Gasteiger partial charge in [-0.2, -0.15) is 0 Å². The molecule has 1 fully saturated rings. The van der Waals surface area contributed by atoms with Gasteiger partial charge in [0.25, 0.3) is 5.91 Å². The van der Waals surface area contributed by atoms with E-state index in [4.69, 9.17) is 4.74 Å². The Labute approximate surface area is 174 Å². The fourth-order valence-electron chi connectivity index (χ4n) is 3.74. The first-order chi connectivity index (χ1) is 14.6. The number of aromatic nitrogens is 1. The molecule has 7 heteroatoms. The second-order valence-electron chi connectivity index (χ2n) is 7.16. The minimum absolute atomic E-state index is 0.117. The van der Waals surface area contributed by atoms with Crippen LogP contribution in [0, 0.1) is 0 Å². The van der Waals surface area contributed by atoms with Gasteiger partial charge in [0, 0.05) is 23.6 Å². The van der Waals surface area contributed by atoms with Gasteiger partial charge in [-0.25, -0.2) is 9.69 Å². The van der Waals surface area contributed by atoms with Gasteiger partial charge in [0.1, 0.15) is 0 Å². The third-order valence-corrected chi connectivity index (χ3v) is 5.24. The summed E-state index contributed by atoms with van der Waals surface area (Å²) in [5.41, 5.74) is 3.09. The number of hydrogen-bond donors (Lipinski definition) is 2. The van der Waals surface area contributed by atoms with Crippen molar-refractivity contribution in [2.75, 3.05) is 18.1 Å². The first-order valence-corrected chi connectivity index (χ1v) is 10.0. The zero-order chi connectivity index (χ0) is 21.1. The zero-order valence-electron chi connectivity index (χ0n) is 16.7. The van der Waals surface area contributed by atoms with E-state index in [9.17, 15) is 14.4 Å². The van der Waals surface area contributed by atoms with Crippen molar-refractivity contribution >= 4 is 34.4 Å². The van der Waals surface area contributed by atoms with E-state index in [2.05, 4.69) is 16.4 Å². The van der Waals surface area contributed by atoms with E-state index < -0.39 is 12.0 Å². The molecule has 154 valence electrons. The summed E-state index contributed by atoms with van der Waals surface area (Å²) in [6, 6.07) is 13.8. The normalized spacial score (nSPS) is 16.4. The van der Waals surface area contributed by atoms with Crippen molar-refractivity contribution in [2.24, 2.45) is 0 Å². The number of imide groups is 1. The van der Waals surface area contributed by atoms with Crippen LogP contribution in [0.4, 0.5) is 5.69 Å². The molecule has 7 nitrogen and oxygen atoms in total. The molecule has 0 aliphatic carbocycles. The number of nitrogens with one attached hydrogen (secondary N) is 2. The highest BCUT2D eigenvalue weighted by Gasteiger charge is 2.39. The number of anilines is 1. The number of aromatic amines is 1. The average molecular weight is 405 g/mol. The molecule has 1 aliphatic rings. The van der Waals surface area contributed by atoms with Gasteiger partial charge in [0.2, 0.25) is 5.91 Å². The smallest absolute Gasteiger partial charge is 0.338 e. The number of H-pyrrole nitrogens is 1. The van der Waals surface area contributed by atoms with Crippen molar-refractivity contribution in [1.29, 1.82) is 0 Å². The molecular weight excluding hydrogens is 382 g/mol. The Kier molecular flexibility index (Phi) is 5.63. The lowest BCUT2D eigenvalue weighted by molar-refractivity contribution is -0.121. The predicted molar refractivity (Wildman–Crippen MR) is 113 cm³/mol. The lowest BCUT2D eigenvalue weighted by atomic mass is 10.1. The van der Waals surface area contributed by atoms with Crippen LogP contribution >= 0.6 is 0 Å². The maximum absolute atomic E-state index is 12.8. The van der Waals surface area contributed by atoms with Crippen molar-refractivity contribution in [3.05, 3.63) is 65.9 Å². The van der Waals surface area contributed by atoms with Gasteiger partial charge < -0.3 is 15.0 Å². The summed E-state index contributed by atoms with van der Waals surface area (Å²) in [6.45, 7) is 2.61. The minimum Gasteiger partial charge on any atom is -0.462 e. The number of carbonyl (C=O) groups excluding carboxylic acids is 3. The van der Waals surface area contributed by atoms with Gasteiger partial charge in [0.05, 0.1) is 30.3 Å². The Morgan fingerprint density at radius 2 is 1.93 bits per heavy atom. The van der Waals surface area contributed by atoms with Gasteiger partial charge in [-0.3, -0.25) is 9.59 Å². The van der Waals surface area contributed by atoms with Crippen molar-refractivity contribution < 1.29 is 19.1 Å². The molecule has 0 radical (unpaired) electrons. The number of benzene rings is 2. The van der Waals surface area contributed by atoms with E-state index in [-0.39, 0.29) is 24.8 Å². The largest absolute Gasteiger partial charge is 0.462 e. The molecule has 0 saturated carbocycles. The Morgan fingerprint density at radius 3 is 2.70 bits per heavy atom. The monoisotopic (exact) mass is 405 g/mol. The van der Waals surface area contributed by atoms with Crippen LogP contribution in [0.15, 0.2) is 54.7 Å². The molecule has 1 aromatic heterocycles. The van der Waals surface area contributed by atoms with Gasteiger partial charge in [-0.1, -0.05) is 18.2 Å². The highest BCUT2D eigenvalue weighted by molar-refractivity contribution is 6.22. The number of ether oxygens (including phenoxy) is 1. The number of nitrogens with zero attached hydrogens (tertiary/aromatic N) is 1. The Bertz CT molecular complexity index is 1090. The summed E-state index contributed by atoms with van der Waals surface area (Å²) in [5.74, 6) is -0.962. The van der Waals surface area contributed by atoms with Crippen LogP contribution in [0.1, 0.15) is 29.3 Å². The number of amides is 2. The minimum atomic E-state index is -0.549. The lowest BCUT2D eigenvalue weighted by Gasteiger charge is -2.16. The third-order valence-electron chi connectivity index (χ3n) is 5.24. The molecule has 0 spiro atoms. The van der Waals surface area contributed by atoms with E-state index in [0.29, 0.717) is 17.8 Å². The number of para-hydroxylation sites is 1. The summed E-state index contributed by atoms with van der Waals surface area (Å²) < 4.78 is 4.96. The van der Waals surface area contributed by atoms with Crippen LogP contribution in [0.3, 0.4) is 0 Å². The van der Waals surface area contributed by atoms with Crippen LogP contribution < -0.4 is 10.2 Å². The molecule has 2 aromatic carbocycles. The van der Waals surface area contributed by atoms with E-state index in [1.54, 1.807) is 31.2 Å². The SMILES string of the molecule is CCOC(=O)c1ccc(N2C(=O)C[C@H](NCCc3c[nH]c4ccccc34)C2=O)cc1. The molecule has 3 aromatic rings. The second-order valence-corrected chi connectivity index (χ2v) is 7.16. The summed E-state index contributed by atoms with van der Waals surface area (Å²) in [4.78, 5) is 41.4. The molecule has 0 unspecified atom stereocenters. The molecular formula is C23H23N3O4. The van der Waals surface area contributed by atoms with Crippen LogP contribution in [0.5, 0.6) is 0 Å². The lowest BCUT2D eigenvalue weighted by Crippen LogP contribution is -2.39. The number of carbonyl (C=O) groups is 3. The Morgan fingerprint density at radius 1 is 1.17 bits per heavy atom. The van der Waals surface area contributed by atoms with E-state index in [1.165, 1.54) is 10.5 Å². The van der Waals surface area contributed by atoms with Crippen LogP contribution in [0.2, 0.25) is 0 Å². The fourth-order valence-corrected chi connectivity index (χ4v) is 3.74. The second kappa shape index (κ2) is 8.51. The molecule has 2 amide bonds. The van der Waals surface area contributed by atoms with Gasteiger partial charge >= 0.3 is 5.97 Å². The van der Waals surface area contributed by atoms with Gasteiger partial charge in [-0.05, 0) is 49.2 Å².